The van der Waals surface area contributed by atoms with Crippen LogP contribution in [0.5, 0.6) is 0 Å². The molecule has 2 N–H and O–H groups in total. The number of aryl methyl sites for hydroxylation is 1. The van der Waals surface area contributed by atoms with Crippen LogP contribution in [0.3, 0.4) is 0 Å². The molecule has 0 saturated carbocycles. The van der Waals surface area contributed by atoms with Crippen LogP contribution < -0.4 is 5.73 Å². The van der Waals surface area contributed by atoms with E-state index in [1.165, 1.54) is 0 Å². The second kappa shape index (κ2) is 6.23. The van der Waals surface area contributed by atoms with Gasteiger partial charge in [0.05, 0.1) is 12.5 Å². The molecule has 4 nitrogen and oxygen atoms in total. The molecule has 0 aliphatic carbocycles. The first kappa shape index (κ1) is 12.6. The zero-order valence-electron chi connectivity index (χ0n) is 9.77. The Labute approximate surface area is 95.8 Å². The fraction of sp³-hybridized carbons (Fsp3) is 0.500. The zero-order valence-corrected chi connectivity index (χ0v) is 9.77. The van der Waals surface area contributed by atoms with E-state index in [2.05, 4.69) is 4.98 Å². The zero-order chi connectivity index (χ0) is 12.0. The topological polar surface area (TPSA) is 65.2 Å². The summed E-state index contributed by atoms with van der Waals surface area (Å²) in [4.78, 5) is 15.7. The molecular weight excluding hydrogens is 204 g/mol. The smallest absolute Gasteiger partial charge is 0.310 e. The minimum Gasteiger partial charge on any atom is -0.466 e. The summed E-state index contributed by atoms with van der Waals surface area (Å²) in [7, 11) is 0. The Hall–Kier alpha value is -1.42. The van der Waals surface area contributed by atoms with Crippen LogP contribution in [-0.4, -0.2) is 24.1 Å². The lowest BCUT2D eigenvalue weighted by Gasteiger charge is -2.13. The van der Waals surface area contributed by atoms with Crippen LogP contribution in [-0.2, 0) is 16.0 Å². The number of hydrogen-bond acceptors (Lipinski definition) is 4. The fourth-order valence-electron chi connectivity index (χ4n) is 1.43. The number of esters is 1. The SMILES string of the molecule is CCOC(=O)C(CN)Cc1ccc(C)nc1. The first-order valence-corrected chi connectivity index (χ1v) is 5.45. The number of rotatable bonds is 5. The molecule has 1 atom stereocenters. The van der Waals surface area contributed by atoms with E-state index in [0.717, 1.165) is 11.3 Å². The van der Waals surface area contributed by atoms with Crippen molar-refractivity contribution >= 4 is 5.97 Å². The second-order valence-electron chi connectivity index (χ2n) is 3.70. The highest BCUT2D eigenvalue weighted by atomic mass is 16.5. The van der Waals surface area contributed by atoms with Crippen molar-refractivity contribution in [2.24, 2.45) is 11.7 Å². The number of nitrogens with two attached hydrogens (primary N) is 1. The standard InChI is InChI=1S/C12H18N2O2/c1-3-16-12(15)11(7-13)6-10-5-4-9(2)14-8-10/h4-5,8,11H,3,6-7,13H2,1-2H3. The Morgan fingerprint density at radius 2 is 2.31 bits per heavy atom. The fourth-order valence-corrected chi connectivity index (χ4v) is 1.43. The Morgan fingerprint density at radius 1 is 1.56 bits per heavy atom. The average Bonchev–Trinajstić information content (AvgIpc) is 2.28. The molecule has 0 aromatic carbocycles. The van der Waals surface area contributed by atoms with Crippen LogP contribution >= 0.6 is 0 Å². The molecule has 0 saturated heterocycles. The third kappa shape index (κ3) is 3.62. The molecule has 1 aromatic heterocycles. The molecule has 0 aliphatic heterocycles. The van der Waals surface area contributed by atoms with Crippen molar-refractivity contribution in [1.82, 2.24) is 4.98 Å². The number of aromatic nitrogens is 1. The number of ether oxygens (including phenoxy) is 1. The number of carbonyl (C=O) groups is 1. The van der Waals surface area contributed by atoms with E-state index < -0.39 is 0 Å². The maximum Gasteiger partial charge on any atom is 0.310 e. The van der Waals surface area contributed by atoms with Crippen molar-refractivity contribution < 1.29 is 9.53 Å². The molecule has 88 valence electrons. The average molecular weight is 222 g/mol. The van der Waals surface area contributed by atoms with E-state index in [4.69, 9.17) is 10.5 Å². The molecular formula is C12H18N2O2. The van der Waals surface area contributed by atoms with Crippen LogP contribution in [0.25, 0.3) is 0 Å². The predicted octanol–water partition coefficient (Wildman–Crippen LogP) is 1.07. The van der Waals surface area contributed by atoms with Gasteiger partial charge in [-0.2, -0.15) is 0 Å². The molecule has 0 aliphatic rings. The predicted molar refractivity (Wildman–Crippen MR) is 61.9 cm³/mol. The van der Waals surface area contributed by atoms with Gasteiger partial charge in [0, 0.05) is 18.4 Å². The lowest BCUT2D eigenvalue weighted by atomic mass is 10.0. The molecule has 0 fully saturated rings. The third-order valence-corrected chi connectivity index (χ3v) is 2.36. The van der Waals surface area contributed by atoms with Gasteiger partial charge in [0.2, 0.25) is 0 Å². The van der Waals surface area contributed by atoms with Crippen molar-refractivity contribution in [1.29, 1.82) is 0 Å². The van der Waals surface area contributed by atoms with Crippen LogP contribution in [0.1, 0.15) is 18.2 Å². The molecule has 0 spiro atoms. The first-order chi connectivity index (χ1) is 7.67. The van der Waals surface area contributed by atoms with Crippen LogP contribution in [0.15, 0.2) is 18.3 Å². The summed E-state index contributed by atoms with van der Waals surface area (Å²) in [6, 6.07) is 3.89. The molecule has 1 aromatic rings. The molecule has 0 bridgehead atoms. The van der Waals surface area contributed by atoms with Crippen molar-refractivity contribution in [3.8, 4) is 0 Å². The van der Waals surface area contributed by atoms with E-state index in [1.54, 1.807) is 13.1 Å². The molecule has 16 heavy (non-hydrogen) atoms. The minimum atomic E-state index is -0.274. The summed E-state index contributed by atoms with van der Waals surface area (Å²) in [6.07, 6.45) is 2.36. The summed E-state index contributed by atoms with van der Waals surface area (Å²) in [5.74, 6) is -0.505. The summed E-state index contributed by atoms with van der Waals surface area (Å²) in [6.45, 7) is 4.41. The molecule has 1 unspecified atom stereocenters. The molecule has 0 radical (unpaired) electrons. The van der Waals surface area contributed by atoms with E-state index >= 15 is 0 Å². The maximum atomic E-state index is 11.5. The van der Waals surface area contributed by atoms with Gasteiger partial charge >= 0.3 is 5.97 Å². The summed E-state index contributed by atoms with van der Waals surface area (Å²) in [5.41, 5.74) is 7.53. The van der Waals surface area contributed by atoms with E-state index in [1.807, 2.05) is 19.1 Å². The molecule has 1 heterocycles. The van der Waals surface area contributed by atoms with Crippen molar-refractivity contribution in [2.75, 3.05) is 13.2 Å². The normalized spacial score (nSPS) is 12.2. The number of carbonyl (C=O) groups excluding carboxylic acids is 1. The van der Waals surface area contributed by atoms with Crippen molar-refractivity contribution in [3.05, 3.63) is 29.6 Å². The van der Waals surface area contributed by atoms with Gasteiger partial charge in [-0.3, -0.25) is 9.78 Å². The van der Waals surface area contributed by atoms with Gasteiger partial charge in [0.15, 0.2) is 0 Å². The Bertz CT molecular complexity index is 335. The van der Waals surface area contributed by atoms with Crippen LogP contribution in [0.4, 0.5) is 0 Å². The maximum absolute atomic E-state index is 11.5. The Kier molecular flexibility index (Phi) is 4.92. The minimum absolute atomic E-state index is 0.231. The van der Waals surface area contributed by atoms with Gasteiger partial charge < -0.3 is 10.5 Å². The highest BCUT2D eigenvalue weighted by molar-refractivity contribution is 5.73. The first-order valence-electron chi connectivity index (χ1n) is 5.45. The van der Waals surface area contributed by atoms with E-state index in [0.29, 0.717) is 19.6 Å². The van der Waals surface area contributed by atoms with Crippen molar-refractivity contribution in [2.45, 2.75) is 20.3 Å². The second-order valence-corrected chi connectivity index (χ2v) is 3.70. The van der Waals surface area contributed by atoms with Gasteiger partial charge in [-0.25, -0.2) is 0 Å². The monoisotopic (exact) mass is 222 g/mol. The summed E-state index contributed by atoms with van der Waals surface area (Å²) in [5, 5.41) is 0. The largest absolute Gasteiger partial charge is 0.466 e. The molecule has 0 amide bonds. The van der Waals surface area contributed by atoms with Gasteiger partial charge in [0.25, 0.3) is 0 Å². The van der Waals surface area contributed by atoms with E-state index in [-0.39, 0.29) is 11.9 Å². The lowest BCUT2D eigenvalue weighted by Crippen LogP contribution is -2.27. The number of nitrogens with zero attached hydrogens (tertiary/aromatic N) is 1. The van der Waals surface area contributed by atoms with Gasteiger partial charge in [-0.1, -0.05) is 6.07 Å². The van der Waals surface area contributed by atoms with Gasteiger partial charge in [-0.15, -0.1) is 0 Å². The van der Waals surface area contributed by atoms with Crippen molar-refractivity contribution in [3.63, 3.8) is 0 Å². The Morgan fingerprint density at radius 3 is 2.81 bits per heavy atom. The highest BCUT2D eigenvalue weighted by Crippen LogP contribution is 2.09. The third-order valence-electron chi connectivity index (χ3n) is 2.36. The number of hydrogen-bond donors (Lipinski definition) is 1. The highest BCUT2D eigenvalue weighted by Gasteiger charge is 2.18. The van der Waals surface area contributed by atoms with Gasteiger partial charge in [-0.05, 0) is 31.9 Å². The van der Waals surface area contributed by atoms with Gasteiger partial charge in [0.1, 0.15) is 0 Å². The number of pyridine rings is 1. The molecule has 1 rings (SSSR count). The van der Waals surface area contributed by atoms with E-state index in [9.17, 15) is 4.79 Å². The quantitative estimate of drug-likeness (QED) is 0.757. The van der Waals surface area contributed by atoms with Crippen LogP contribution in [0.2, 0.25) is 0 Å². The summed E-state index contributed by atoms with van der Waals surface area (Å²) < 4.78 is 4.95. The lowest BCUT2D eigenvalue weighted by molar-refractivity contribution is -0.147. The summed E-state index contributed by atoms with van der Waals surface area (Å²) >= 11 is 0. The van der Waals surface area contributed by atoms with Crippen LogP contribution in [0, 0.1) is 12.8 Å². The Balaban J connectivity index is 2.62. The molecule has 4 heteroatoms.